The first-order chi connectivity index (χ1) is 14.2. The largest absolute Gasteiger partial charge is 0.478 e. The number of carboxylic acids is 1. The van der Waals surface area contributed by atoms with Gasteiger partial charge in [0.05, 0.1) is 0 Å². The van der Waals surface area contributed by atoms with Crippen molar-refractivity contribution in [1.29, 1.82) is 0 Å². The van der Waals surface area contributed by atoms with E-state index in [1.165, 1.54) is 10.4 Å². The number of carbonyl (C=O) groups excluding carboxylic acids is 1. The van der Waals surface area contributed by atoms with Crippen molar-refractivity contribution < 1.29 is 27.6 Å². The third kappa shape index (κ3) is 4.77. The van der Waals surface area contributed by atoms with Crippen LogP contribution in [0.5, 0.6) is 0 Å². The summed E-state index contributed by atoms with van der Waals surface area (Å²) in [7, 11) is -3.71. The van der Waals surface area contributed by atoms with Gasteiger partial charge in [-0.15, -0.1) is 0 Å². The number of anilines is 1. The molecule has 1 aliphatic heterocycles. The van der Waals surface area contributed by atoms with E-state index in [0.29, 0.717) is 29.8 Å². The number of hydrogen-bond donors (Lipinski definition) is 2. The number of nitrogens with zero attached hydrogens (tertiary/aromatic N) is 2. The Morgan fingerprint density at radius 3 is 2.37 bits per heavy atom. The van der Waals surface area contributed by atoms with E-state index in [4.69, 9.17) is 9.63 Å². The molecule has 1 fully saturated rings. The van der Waals surface area contributed by atoms with Gasteiger partial charge in [0.25, 0.3) is 0 Å². The van der Waals surface area contributed by atoms with E-state index in [0.717, 1.165) is 6.08 Å². The Labute approximate surface area is 174 Å². The molecule has 0 bridgehead atoms. The summed E-state index contributed by atoms with van der Waals surface area (Å²) in [4.78, 5) is 23.2. The minimum absolute atomic E-state index is 0.0995. The SMILES string of the molecule is Cc1noc(C)c1S(=O)(=O)N1CCC(C(=O)Nc2ccc(C=CC(=O)O)cc2)CC1. The summed E-state index contributed by atoms with van der Waals surface area (Å²) in [6, 6.07) is 6.79. The second-order valence-corrected chi connectivity index (χ2v) is 8.99. The molecule has 0 aliphatic carbocycles. The van der Waals surface area contributed by atoms with Crippen molar-refractivity contribution in [1.82, 2.24) is 9.46 Å². The molecule has 2 aromatic rings. The lowest BCUT2D eigenvalue weighted by molar-refractivity contribution is -0.131. The highest BCUT2D eigenvalue weighted by atomic mass is 32.2. The maximum atomic E-state index is 12.9. The highest BCUT2D eigenvalue weighted by molar-refractivity contribution is 7.89. The zero-order valence-electron chi connectivity index (χ0n) is 16.7. The van der Waals surface area contributed by atoms with E-state index in [1.807, 2.05) is 0 Å². The Morgan fingerprint density at radius 2 is 1.83 bits per heavy atom. The van der Waals surface area contributed by atoms with Gasteiger partial charge >= 0.3 is 5.97 Å². The highest BCUT2D eigenvalue weighted by Crippen LogP contribution is 2.28. The van der Waals surface area contributed by atoms with Crippen LogP contribution in [0.1, 0.15) is 29.9 Å². The molecular weight excluding hydrogens is 410 g/mol. The van der Waals surface area contributed by atoms with Crippen LogP contribution in [0, 0.1) is 19.8 Å². The van der Waals surface area contributed by atoms with E-state index in [9.17, 15) is 18.0 Å². The van der Waals surface area contributed by atoms with Crippen molar-refractivity contribution in [2.24, 2.45) is 5.92 Å². The van der Waals surface area contributed by atoms with Gasteiger partial charge in [0.15, 0.2) is 5.76 Å². The number of sulfonamides is 1. The predicted octanol–water partition coefficient (Wildman–Crippen LogP) is 2.43. The maximum absolute atomic E-state index is 12.9. The molecule has 9 nitrogen and oxygen atoms in total. The molecule has 1 aromatic heterocycles. The fraction of sp³-hybridized carbons (Fsp3) is 0.350. The van der Waals surface area contributed by atoms with Crippen LogP contribution >= 0.6 is 0 Å². The van der Waals surface area contributed by atoms with Crippen LogP contribution in [-0.2, 0) is 19.6 Å². The van der Waals surface area contributed by atoms with Crippen molar-refractivity contribution in [3.05, 3.63) is 47.4 Å². The van der Waals surface area contributed by atoms with Crippen molar-refractivity contribution in [3.63, 3.8) is 0 Å². The average Bonchev–Trinajstić information content (AvgIpc) is 3.06. The van der Waals surface area contributed by atoms with E-state index in [2.05, 4.69) is 10.5 Å². The summed E-state index contributed by atoms with van der Waals surface area (Å²) in [5.74, 6) is -1.24. The molecule has 2 heterocycles. The Bertz CT molecular complexity index is 1040. The Kier molecular flexibility index (Phi) is 6.37. The summed E-state index contributed by atoms with van der Waals surface area (Å²) >= 11 is 0. The predicted molar refractivity (Wildman–Crippen MR) is 109 cm³/mol. The molecule has 3 rings (SSSR count). The molecule has 0 spiro atoms. The quantitative estimate of drug-likeness (QED) is 0.669. The molecule has 1 amide bonds. The molecule has 0 radical (unpaired) electrons. The maximum Gasteiger partial charge on any atom is 0.328 e. The summed E-state index contributed by atoms with van der Waals surface area (Å²) in [6.07, 6.45) is 3.32. The van der Waals surface area contributed by atoms with Crippen LogP contribution in [0.4, 0.5) is 5.69 Å². The van der Waals surface area contributed by atoms with Crippen LogP contribution in [-0.4, -0.2) is 48.0 Å². The summed E-state index contributed by atoms with van der Waals surface area (Å²) in [6.45, 7) is 3.63. The number of amides is 1. The molecule has 1 saturated heterocycles. The summed E-state index contributed by atoms with van der Waals surface area (Å²) in [5, 5.41) is 15.2. The minimum Gasteiger partial charge on any atom is -0.478 e. The molecule has 0 atom stereocenters. The monoisotopic (exact) mass is 433 g/mol. The van der Waals surface area contributed by atoms with Gasteiger partial charge in [-0.05, 0) is 50.5 Å². The van der Waals surface area contributed by atoms with Gasteiger partial charge < -0.3 is 14.9 Å². The number of nitrogens with one attached hydrogen (secondary N) is 1. The van der Waals surface area contributed by atoms with Crippen LogP contribution in [0.2, 0.25) is 0 Å². The van der Waals surface area contributed by atoms with Crippen molar-refractivity contribution in [3.8, 4) is 0 Å². The summed E-state index contributed by atoms with van der Waals surface area (Å²) in [5.41, 5.74) is 1.63. The fourth-order valence-corrected chi connectivity index (χ4v) is 5.18. The molecule has 2 N–H and O–H groups in total. The fourth-order valence-electron chi connectivity index (χ4n) is 3.42. The number of carbonyl (C=O) groups is 2. The lowest BCUT2D eigenvalue weighted by Crippen LogP contribution is -2.41. The Morgan fingerprint density at radius 1 is 1.20 bits per heavy atom. The average molecular weight is 433 g/mol. The number of aliphatic carboxylic acids is 1. The lowest BCUT2D eigenvalue weighted by atomic mass is 9.97. The lowest BCUT2D eigenvalue weighted by Gasteiger charge is -2.30. The Hall–Kier alpha value is -2.98. The molecule has 160 valence electrons. The van der Waals surface area contributed by atoms with Crippen LogP contribution < -0.4 is 5.32 Å². The standard InChI is InChI=1S/C20H23N3O6S/c1-13-19(14(2)29-22-13)30(27,28)23-11-9-16(10-12-23)20(26)21-17-6-3-15(4-7-17)5-8-18(24)25/h3-8,16H,9-12H2,1-2H3,(H,21,26)(H,24,25). The van der Waals surface area contributed by atoms with Crippen molar-refractivity contribution in [2.45, 2.75) is 31.6 Å². The summed E-state index contributed by atoms with van der Waals surface area (Å²) < 4.78 is 32.1. The van der Waals surface area contributed by atoms with E-state index >= 15 is 0 Å². The first-order valence-electron chi connectivity index (χ1n) is 9.43. The first-order valence-corrected chi connectivity index (χ1v) is 10.9. The molecule has 10 heteroatoms. The normalized spacial score (nSPS) is 16.1. The number of carboxylic acid groups (broad SMARTS) is 1. The number of aryl methyl sites for hydroxylation is 2. The number of aromatic nitrogens is 1. The minimum atomic E-state index is -3.71. The van der Waals surface area contributed by atoms with Crippen LogP contribution in [0.3, 0.4) is 0 Å². The number of piperidine rings is 1. The number of rotatable bonds is 6. The second-order valence-electron chi connectivity index (χ2n) is 7.11. The number of benzene rings is 1. The van der Waals surface area contributed by atoms with Gasteiger partial charge in [0.1, 0.15) is 10.6 Å². The second kappa shape index (κ2) is 8.80. The van der Waals surface area contributed by atoms with Crippen LogP contribution in [0.25, 0.3) is 6.08 Å². The van der Waals surface area contributed by atoms with Crippen molar-refractivity contribution in [2.75, 3.05) is 18.4 Å². The smallest absolute Gasteiger partial charge is 0.328 e. The number of hydrogen-bond acceptors (Lipinski definition) is 6. The van der Waals surface area contributed by atoms with E-state index < -0.39 is 16.0 Å². The molecule has 0 unspecified atom stereocenters. The van der Waals surface area contributed by atoms with Gasteiger partial charge in [0.2, 0.25) is 15.9 Å². The first kappa shape index (κ1) is 21.7. The Balaban J connectivity index is 1.58. The third-order valence-corrected chi connectivity index (χ3v) is 7.13. The highest BCUT2D eigenvalue weighted by Gasteiger charge is 2.35. The van der Waals surface area contributed by atoms with Gasteiger partial charge in [-0.2, -0.15) is 4.31 Å². The molecule has 1 aromatic carbocycles. The zero-order chi connectivity index (χ0) is 21.9. The van der Waals surface area contributed by atoms with E-state index in [-0.39, 0.29) is 35.6 Å². The topological polar surface area (TPSA) is 130 Å². The zero-order valence-corrected chi connectivity index (χ0v) is 17.5. The van der Waals surface area contributed by atoms with E-state index in [1.54, 1.807) is 38.1 Å². The van der Waals surface area contributed by atoms with Gasteiger partial charge in [0, 0.05) is 30.8 Å². The third-order valence-electron chi connectivity index (χ3n) is 4.99. The van der Waals surface area contributed by atoms with Gasteiger partial charge in [-0.25, -0.2) is 13.2 Å². The van der Waals surface area contributed by atoms with Crippen molar-refractivity contribution >= 4 is 33.7 Å². The molecular formula is C20H23N3O6S. The van der Waals surface area contributed by atoms with Gasteiger partial charge in [-0.3, -0.25) is 4.79 Å². The molecule has 1 aliphatic rings. The van der Waals surface area contributed by atoms with Crippen LogP contribution in [0.15, 0.2) is 39.8 Å². The molecule has 0 saturated carbocycles. The molecule has 30 heavy (non-hydrogen) atoms. The van der Waals surface area contributed by atoms with Gasteiger partial charge in [-0.1, -0.05) is 17.3 Å².